The molecule has 0 saturated carbocycles. The van der Waals surface area contributed by atoms with Crippen molar-refractivity contribution in [3.8, 4) is 0 Å². The Morgan fingerprint density at radius 3 is 1.08 bits per heavy atom. The standard InChI is InChI=1S/C10H24N2/c1-7-9(11(3)4)10(8-2)12(5)6/h9-10H,7-8H2,1-6H3/t9-,10-/m1/s1. The van der Waals surface area contributed by atoms with Crippen molar-refractivity contribution in [3.63, 3.8) is 0 Å². The fourth-order valence-corrected chi connectivity index (χ4v) is 1.96. The second kappa shape index (κ2) is 5.55. The van der Waals surface area contributed by atoms with Crippen LogP contribution in [0.1, 0.15) is 26.7 Å². The van der Waals surface area contributed by atoms with Crippen LogP contribution in [0.15, 0.2) is 0 Å². The van der Waals surface area contributed by atoms with Gasteiger partial charge >= 0.3 is 0 Å². The van der Waals surface area contributed by atoms with E-state index in [0.717, 1.165) is 0 Å². The van der Waals surface area contributed by atoms with E-state index in [1.807, 2.05) is 0 Å². The average molecular weight is 172 g/mol. The Labute approximate surface area is 77.5 Å². The Hall–Kier alpha value is -0.0800. The summed E-state index contributed by atoms with van der Waals surface area (Å²) in [6.45, 7) is 4.52. The van der Waals surface area contributed by atoms with Gasteiger partial charge in [0.05, 0.1) is 0 Å². The molecule has 74 valence electrons. The third-order valence-electron chi connectivity index (χ3n) is 2.61. The molecule has 2 atom stereocenters. The highest BCUT2D eigenvalue weighted by molar-refractivity contribution is 4.79. The zero-order valence-electron chi connectivity index (χ0n) is 9.46. The van der Waals surface area contributed by atoms with E-state index in [2.05, 4.69) is 51.8 Å². The molecule has 12 heavy (non-hydrogen) atoms. The SMILES string of the molecule is CC[C@H]([C@@H](CC)N(C)C)N(C)C. The minimum Gasteiger partial charge on any atom is -0.305 e. The molecule has 0 aliphatic heterocycles. The molecule has 0 amide bonds. The van der Waals surface area contributed by atoms with E-state index in [4.69, 9.17) is 0 Å². The van der Waals surface area contributed by atoms with Crippen LogP contribution >= 0.6 is 0 Å². The third kappa shape index (κ3) is 3.11. The minimum atomic E-state index is 0.685. The highest BCUT2D eigenvalue weighted by Crippen LogP contribution is 2.12. The predicted octanol–water partition coefficient (Wildman–Crippen LogP) is 1.67. The van der Waals surface area contributed by atoms with Crippen LogP contribution in [0.4, 0.5) is 0 Å². The molecule has 0 radical (unpaired) electrons. The fourth-order valence-electron chi connectivity index (χ4n) is 1.96. The van der Waals surface area contributed by atoms with Crippen LogP contribution in [0.5, 0.6) is 0 Å². The molecule has 0 heterocycles. The Morgan fingerprint density at radius 2 is 1.00 bits per heavy atom. The summed E-state index contributed by atoms with van der Waals surface area (Å²) in [5.74, 6) is 0. The van der Waals surface area contributed by atoms with Gasteiger partial charge in [-0.15, -0.1) is 0 Å². The average Bonchev–Trinajstić information content (AvgIpc) is 1.98. The van der Waals surface area contributed by atoms with E-state index in [1.54, 1.807) is 0 Å². The van der Waals surface area contributed by atoms with E-state index in [1.165, 1.54) is 12.8 Å². The number of rotatable bonds is 5. The summed E-state index contributed by atoms with van der Waals surface area (Å²) in [5.41, 5.74) is 0. The lowest BCUT2D eigenvalue weighted by Crippen LogP contribution is -2.46. The van der Waals surface area contributed by atoms with E-state index < -0.39 is 0 Å². The van der Waals surface area contributed by atoms with E-state index in [9.17, 15) is 0 Å². The van der Waals surface area contributed by atoms with E-state index in [-0.39, 0.29) is 0 Å². The molecule has 0 aliphatic rings. The molecule has 0 aliphatic carbocycles. The van der Waals surface area contributed by atoms with Crippen molar-refractivity contribution in [3.05, 3.63) is 0 Å². The first-order valence-electron chi connectivity index (χ1n) is 4.87. The van der Waals surface area contributed by atoms with Crippen LogP contribution in [-0.2, 0) is 0 Å². The largest absolute Gasteiger partial charge is 0.305 e. The first-order chi connectivity index (χ1) is 5.54. The molecule has 0 saturated heterocycles. The summed E-state index contributed by atoms with van der Waals surface area (Å²) in [6.07, 6.45) is 2.45. The van der Waals surface area contributed by atoms with Crippen molar-refractivity contribution < 1.29 is 0 Å². The summed E-state index contributed by atoms with van der Waals surface area (Å²) in [5, 5.41) is 0. The van der Waals surface area contributed by atoms with Crippen molar-refractivity contribution in [2.45, 2.75) is 38.8 Å². The van der Waals surface area contributed by atoms with Gasteiger partial charge in [0.2, 0.25) is 0 Å². The van der Waals surface area contributed by atoms with Crippen LogP contribution in [0.25, 0.3) is 0 Å². The van der Waals surface area contributed by atoms with Crippen LogP contribution in [0.3, 0.4) is 0 Å². The van der Waals surface area contributed by atoms with Crippen molar-refractivity contribution in [1.82, 2.24) is 9.80 Å². The van der Waals surface area contributed by atoms with Crippen molar-refractivity contribution >= 4 is 0 Å². The van der Waals surface area contributed by atoms with Gasteiger partial charge in [0, 0.05) is 12.1 Å². The van der Waals surface area contributed by atoms with Gasteiger partial charge in [-0.2, -0.15) is 0 Å². The molecule has 0 bridgehead atoms. The van der Waals surface area contributed by atoms with Crippen molar-refractivity contribution in [2.75, 3.05) is 28.2 Å². The molecule has 0 aromatic heterocycles. The maximum absolute atomic E-state index is 2.33. The van der Waals surface area contributed by atoms with E-state index in [0.29, 0.717) is 12.1 Å². The van der Waals surface area contributed by atoms with Gasteiger partial charge in [0.15, 0.2) is 0 Å². The Morgan fingerprint density at radius 1 is 0.750 bits per heavy atom. The first-order valence-corrected chi connectivity index (χ1v) is 4.87. The van der Waals surface area contributed by atoms with Gasteiger partial charge in [0.25, 0.3) is 0 Å². The third-order valence-corrected chi connectivity index (χ3v) is 2.61. The van der Waals surface area contributed by atoms with Crippen LogP contribution < -0.4 is 0 Å². The quantitative estimate of drug-likeness (QED) is 0.622. The van der Waals surface area contributed by atoms with E-state index >= 15 is 0 Å². The van der Waals surface area contributed by atoms with Gasteiger partial charge in [0.1, 0.15) is 0 Å². The normalized spacial score (nSPS) is 17.0. The fraction of sp³-hybridized carbons (Fsp3) is 1.00. The number of likely N-dealkylation sites (N-methyl/N-ethyl adjacent to an activating group) is 2. The highest BCUT2D eigenvalue weighted by atomic mass is 15.2. The molecule has 0 unspecified atom stereocenters. The number of hydrogen-bond acceptors (Lipinski definition) is 2. The predicted molar refractivity (Wildman–Crippen MR) is 55.5 cm³/mol. The summed E-state index contributed by atoms with van der Waals surface area (Å²) in [7, 11) is 8.67. The van der Waals surface area contributed by atoms with Crippen molar-refractivity contribution in [2.24, 2.45) is 0 Å². The Kier molecular flexibility index (Phi) is 5.51. The zero-order chi connectivity index (χ0) is 9.72. The molecule has 2 nitrogen and oxygen atoms in total. The molecule has 0 aromatic rings. The zero-order valence-corrected chi connectivity index (χ0v) is 9.46. The summed E-state index contributed by atoms with van der Waals surface area (Å²) < 4.78 is 0. The topological polar surface area (TPSA) is 6.48 Å². The minimum absolute atomic E-state index is 0.685. The summed E-state index contributed by atoms with van der Waals surface area (Å²) in [6, 6.07) is 1.37. The van der Waals surface area contributed by atoms with Crippen LogP contribution in [0.2, 0.25) is 0 Å². The maximum atomic E-state index is 2.33. The van der Waals surface area contributed by atoms with Crippen molar-refractivity contribution in [1.29, 1.82) is 0 Å². The lowest BCUT2D eigenvalue weighted by molar-refractivity contribution is 0.143. The molecular weight excluding hydrogens is 148 g/mol. The van der Waals surface area contributed by atoms with Crippen LogP contribution in [0, 0.1) is 0 Å². The molecule has 2 heteroatoms. The Balaban J connectivity index is 4.23. The molecular formula is C10H24N2. The maximum Gasteiger partial charge on any atom is 0.0242 e. The lowest BCUT2D eigenvalue weighted by Gasteiger charge is -2.35. The molecule has 0 fully saturated rings. The monoisotopic (exact) mass is 172 g/mol. The van der Waals surface area contributed by atoms with Gasteiger partial charge in [-0.05, 0) is 41.0 Å². The van der Waals surface area contributed by atoms with Crippen LogP contribution in [-0.4, -0.2) is 50.1 Å². The molecule has 0 aromatic carbocycles. The molecule has 0 N–H and O–H groups in total. The number of nitrogens with zero attached hydrogens (tertiary/aromatic N) is 2. The Bertz CT molecular complexity index is 96.4. The molecule has 0 spiro atoms. The highest BCUT2D eigenvalue weighted by Gasteiger charge is 2.21. The second-order valence-electron chi connectivity index (χ2n) is 3.88. The second-order valence-corrected chi connectivity index (χ2v) is 3.88. The first kappa shape index (κ1) is 11.9. The number of hydrogen-bond donors (Lipinski definition) is 0. The lowest BCUT2D eigenvalue weighted by atomic mass is 10.0. The smallest absolute Gasteiger partial charge is 0.0242 e. The van der Waals surface area contributed by atoms with Gasteiger partial charge in [-0.1, -0.05) is 13.8 Å². The van der Waals surface area contributed by atoms with Gasteiger partial charge in [-0.25, -0.2) is 0 Å². The van der Waals surface area contributed by atoms with Gasteiger partial charge < -0.3 is 9.80 Å². The van der Waals surface area contributed by atoms with Gasteiger partial charge in [-0.3, -0.25) is 0 Å². The molecule has 0 rings (SSSR count). The summed E-state index contributed by atoms with van der Waals surface area (Å²) in [4.78, 5) is 4.66. The summed E-state index contributed by atoms with van der Waals surface area (Å²) >= 11 is 0.